The van der Waals surface area contributed by atoms with Crippen LogP contribution in [0.15, 0.2) is 25.3 Å². The molecule has 0 aromatic rings. The van der Waals surface area contributed by atoms with E-state index in [0.717, 1.165) is 0 Å². The van der Waals surface area contributed by atoms with Gasteiger partial charge in [-0.3, -0.25) is 4.79 Å². The van der Waals surface area contributed by atoms with E-state index in [9.17, 15) is 14.4 Å². The van der Waals surface area contributed by atoms with E-state index in [0.29, 0.717) is 13.2 Å². The molecule has 0 aromatic heterocycles. The summed E-state index contributed by atoms with van der Waals surface area (Å²) in [5, 5.41) is 42.6. The second-order valence-electron chi connectivity index (χ2n) is 3.66. The minimum absolute atomic E-state index is 0.617. The van der Waals surface area contributed by atoms with Gasteiger partial charge >= 0.3 is 17.9 Å². The first-order valence-corrected chi connectivity index (χ1v) is 5.51. The molecule has 0 bridgehead atoms. The number of ether oxygens (including phenoxy) is 1. The molecule has 0 saturated heterocycles. The molecule has 0 spiro atoms. The summed E-state index contributed by atoms with van der Waals surface area (Å²) >= 11 is 0. The molecular weight excluding hydrogens is 288 g/mol. The standard InChI is InChI=1S/C6H8O8.C6H10O/c7-2(8)1-6(14,5(12)13)3(9)4(10)11;1-3-5-7-6-4-2/h3,9,14H,1H2,(H,7,8)(H,10,11)(H,12,13);3-4H,1-2,5-6H2. The van der Waals surface area contributed by atoms with Crippen molar-refractivity contribution in [3.8, 4) is 0 Å². The maximum absolute atomic E-state index is 10.4. The molecule has 9 nitrogen and oxygen atoms in total. The highest BCUT2D eigenvalue weighted by Crippen LogP contribution is 2.16. The second kappa shape index (κ2) is 10.5. The molecule has 0 fully saturated rings. The monoisotopic (exact) mass is 306 g/mol. The molecule has 9 heteroatoms. The molecular formula is C12H18O9. The number of aliphatic hydroxyl groups is 2. The highest BCUT2D eigenvalue weighted by molar-refractivity contribution is 5.90. The van der Waals surface area contributed by atoms with E-state index in [1.54, 1.807) is 12.2 Å². The molecule has 0 aliphatic carbocycles. The molecule has 0 saturated carbocycles. The Morgan fingerprint density at radius 2 is 1.52 bits per heavy atom. The van der Waals surface area contributed by atoms with E-state index in [2.05, 4.69) is 13.2 Å². The molecule has 0 aliphatic rings. The van der Waals surface area contributed by atoms with Crippen molar-refractivity contribution in [2.75, 3.05) is 13.2 Å². The molecule has 0 rings (SSSR count). The number of hydrogen-bond acceptors (Lipinski definition) is 6. The zero-order valence-electron chi connectivity index (χ0n) is 11.1. The number of carbonyl (C=O) groups is 3. The number of aliphatic hydroxyl groups excluding tert-OH is 1. The number of carboxylic acids is 3. The van der Waals surface area contributed by atoms with Gasteiger partial charge in [-0.25, -0.2) is 9.59 Å². The third-order valence-corrected chi connectivity index (χ3v) is 1.95. The molecule has 0 aromatic carbocycles. The van der Waals surface area contributed by atoms with Crippen LogP contribution >= 0.6 is 0 Å². The van der Waals surface area contributed by atoms with Crippen molar-refractivity contribution in [2.45, 2.75) is 18.1 Å². The topological polar surface area (TPSA) is 162 Å². The van der Waals surface area contributed by atoms with Gasteiger partial charge in [-0.2, -0.15) is 0 Å². The fourth-order valence-electron chi connectivity index (χ4n) is 0.959. The Kier molecular flexibility index (Phi) is 10.6. The van der Waals surface area contributed by atoms with Gasteiger partial charge in [0.2, 0.25) is 5.60 Å². The predicted molar refractivity (Wildman–Crippen MR) is 69.7 cm³/mol. The average Bonchev–Trinajstić information content (AvgIpc) is 2.38. The van der Waals surface area contributed by atoms with Gasteiger partial charge in [0.25, 0.3) is 0 Å². The number of hydrogen-bond donors (Lipinski definition) is 5. The first kappa shape index (κ1) is 21.1. The third-order valence-electron chi connectivity index (χ3n) is 1.95. The normalized spacial score (nSPS) is 13.8. The number of aliphatic carboxylic acids is 3. The van der Waals surface area contributed by atoms with Crippen LogP contribution in [0.25, 0.3) is 0 Å². The van der Waals surface area contributed by atoms with E-state index in [1.165, 1.54) is 0 Å². The van der Waals surface area contributed by atoms with Crippen molar-refractivity contribution in [2.24, 2.45) is 0 Å². The van der Waals surface area contributed by atoms with Gasteiger partial charge in [0.1, 0.15) is 0 Å². The van der Waals surface area contributed by atoms with E-state index in [-0.39, 0.29) is 0 Å². The summed E-state index contributed by atoms with van der Waals surface area (Å²) in [6, 6.07) is 0. The lowest BCUT2D eigenvalue weighted by Crippen LogP contribution is -2.54. The molecule has 5 N–H and O–H groups in total. The Labute approximate surface area is 120 Å². The van der Waals surface area contributed by atoms with Crippen LogP contribution in [0.3, 0.4) is 0 Å². The molecule has 0 radical (unpaired) electrons. The van der Waals surface area contributed by atoms with Crippen molar-refractivity contribution in [3.63, 3.8) is 0 Å². The zero-order chi connectivity index (χ0) is 17.1. The summed E-state index contributed by atoms with van der Waals surface area (Å²) in [4.78, 5) is 30.7. The van der Waals surface area contributed by atoms with Gasteiger partial charge in [0, 0.05) is 0 Å². The summed E-state index contributed by atoms with van der Waals surface area (Å²) in [5.74, 6) is -5.87. The lowest BCUT2D eigenvalue weighted by atomic mass is 9.93. The van der Waals surface area contributed by atoms with Crippen molar-refractivity contribution in [3.05, 3.63) is 25.3 Å². The minimum atomic E-state index is -3.22. The van der Waals surface area contributed by atoms with Gasteiger partial charge in [-0.05, 0) is 0 Å². The van der Waals surface area contributed by atoms with Gasteiger partial charge in [-0.1, -0.05) is 12.2 Å². The molecule has 120 valence electrons. The zero-order valence-corrected chi connectivity index (χ0v) is 11.1. The highest BCUT2D eigenvalue weighted by atomic mass is 16.5. The molecule has 0 amide bonds. The summed E-state index contributed by atoms with van der Waals surface area (Å²) < 4.78 is 4.90. The van der Waals surface area contributed by atoms with Crippen LogP contribution in [0.2, 0.25) is 0 Å². The van der Waals surface area contributed by atoms with Crippen molar-refractivity contribution in [1.82, 2.24) is 0 Å². The Morgan fingerprint density at radius 3 is 1.76 bits per heavy atom. The summed E-state index contributed by atoms with van der Waals surface area (Å²) in [6.07, 6.45) is -0.681. The summed E-state index contributed by atoms with van der Waals surface area (Å²) in [5.41, 5.74) is -3.22. The number of carboxylic acid groups (broad SMARTS) is 3. The van der Waals surface area contributed by atoms with Crippen molar-refractivity contribution in [1.29, 1.82) is 0 Å². The van der Waals surface area contributed by atoms with Gasteiger partial charge < -0.3 is 30.3 Å². The van der Waals surface area contributed by atoms with Crippen LogP contribution in [0.1, 0.15) is 6.42 Å². The Bertz CT molecular complexity index is 382. The first-order valence-electron chi connectivity index (χ1n) is 5.51. The van der Waals surface area contributed by atoms with Gasteiger partial charge in [0.05, 0.1) is 19.6 Å². The van der Waals surface area contributed by atoms with E-state index in [1.807, 2.05) is 0 Å². The first-order chi connectivity index (χ1) is 9.63. The van der Waals surface area contributed by atoms with Crippen LogP contribution < -0.4 is 0 Å². The smallest absolute Gasteiger partial charge is 0.339 e. The Hall–Kier alpha value is -2.23. The van der Waals surface area contributed by atoms with Gasteiger partial charge in [0.15, 0.2) is 6.10 Å². The maximum atomic E-state index is 10.4. The molecule has 0 heterocycles. The van der Waals surface area contributed by atoms with E-state index < -0.39 is 36.0 Å². The highest BCUT2D eigenvalue weighted by Gasteiger charge is 2.49. The van der Waals surface area contributed by atoms with Crippen LogP contribution in [0, 0.1) is 0 Å². The van der Waals surface area contributed by atoms with Crippen molar-refractivity contribution < 1.29 is 44.7 Å². The Balaban J connectivity index is 0. The maximum Gasteiger partial charge on any atom is 0.339 e. The van der Waals surface area contributed by atoms with Crippen LogP contribution in [-0.4, -0.2) is 68.4 Å². The predicted octanol–water partition coefficient (Wildman–Crippen LogP) is -0.903. The molecule has 21 heavy (non-hydrogen) atoms. The minimum Gasteiger partial charge on any atom is -0.481 e. The Morgan fingerprint density at radius 1 is 1.10 bits per heavy atom. The summed E-state index contributed by atoms with van der Waals surface area (Å²) in [7, 11) is 0. The van der Waals surface area contributed by atoms with Crippen LogP contribution in [-0.2, 0) is 19.1 Å². The average molecular weight is 306 g/mol. The SMILES string of the molecule is C=CCOCC=C.O=C(O)CC(O)(C(=O)O)C(O)C(=O)O. The quantitative estimate of drug-likeness (QED) is 0.268. The second-order valence-corrected chi connectivity index (χ2v) is 3.66. The fourth-order valence-corrected chi connectivity index (χ4v) is 0.959. The lowest BCUT2D eigenvalue weighted by molar-refractivity contribution is -0.187. The van der Waals surface area contributed by atoms with Crippen LogP contribution in [0.5, 0.6) is 0 Å². The fraction of sp³-hybridized carbons (Fsp3) is 0.417. The summed E-state index contributed by atoms with van der Waals surface area (Å²) in [6.45, 7) is 8.18. The lowest BCUT2D eigenvalue weighted by Gasteiger charge is -2.23. The van der Waals surface area contributed by atoms with Gasteiger partial charge in [-0.15, -0.1) is 13.2 Å². The molecule has 2 atom stereocenters. The largest absolute Gasteiger partial charge is 0.481 e. The van der Waals surface area contributed by atoms with E-state index in [4.69, 9.17) is 30.3 Å². The van der Waals surface area contributed by atoms with E-state index >= 15 is 0 Å². The third kappa shape index (κ3) is 8.52. The molecule has 2 unspecified atom stereocenters. The number of rotatable bonds is 9. The molecule has 0 aliphatic heterocycles. The van der Waals surface area contributed by atoms with Crippen molar-refractivity contribution >= 4 is 17.9 Å². The van der Waals surface area contributed by atoms with Crippen LogP contribution in [0.4, 0.5) is 0 Å².